The smallest absolute Gasteiger partial charge is 0.182 e. The third-order valence-electron chi connectivity index (χ3n) is 3.53. The van der Waals surface area contributed by atoms with Gasteiger partial charge in [-0.2, -0.15) is 0 Å². The van der Waals surface area contributed by atoms with Gasteiger partial charge in [0.2, 0.25) is 0 Å². The van der Waals surface area contributed by atoms with E-state index in [4.69, 9.17) is 15.2 Å². The van der Waals surface area contributed by atoms with E-state index in [2.05, 4.69) is 15.5 Å². The molecule has 0 radical (unpaired) electrons. The van der Waals surface area contributed by atoms with E-state index >= 15 is 0 Å². The number of nitrogens with zero attached hydrogens (tertiary/aromatic N) is 4. The standard InChI is InChI=1S/C14H19N5O2/c1-2-21-13-8-10(7-11(15)9-13)14-16-17-18-19(14)12-3-5-20-6-4-12/h7-9,12H,2-6,15H2,1H3. The Labute approximate surface area is 123 Å². The molecule has 0 saturated carbocycles. The summed E-state index contributed by atoms with van der Waals surface area (Å²) in [6.45, 7) is 4.01. The number of benzene rings is 1. The number of ether oxygens (including phenoxy) is 2. The number of aromatic nitrogens is 4. The molecule has 0 bridgehead atoms. The Kier molecular flexibility index (Phi) is 4.01. The highest BCUT2D eigenvalue weighted by atomic mass is 16.5. The van der Waals surface area contributed by atoms with Gasteiger partial charge in [-0.15, -0.1) is 5.10 Å². The maximum absolute atomic E-state index is 5.95. The number of hydrogen-bond acceptors (Lipinski definition) is 6. The number of hydrogen-bond donors (Lipinski definition) is 1. The fourth-order valence-electron chi connectivity index (χ4n) is 2.56. The van der Waals surface area contributed by atoms with E-state index < -0.39 is 0 Å². The predicted molar refractivity (Wildman–Crippen MR) is 77.9 cm³/mol. The molecule has 112 valence electrons. The number of nitrogens with two attached hydrogens (primary N) is 1. The van der Waals surface area contributed by atoms with Crippen molar-refractivity contribution in [2.24, 2.45) is 0 Å². The molecule has 1 saturated heterocycles. The zero-order valence-corrected chi connectivity index (χ0v) is 12.0. The van der Waals surface area contributed by atoms with Gasteiger partial charge in [0.15, 0.2) is 5.82 Å². The molecule has 0 atom stereocenters. The van der Waals surface area contributed by atoms with Crippen molar-refractivity contribution in [1.29, 1.82) is 0 Å². The molecule has 2 heterocycles. The molecule has 1 aliphatic rings. The van der Waals surface area contributed by atoms with Gasteiger partial charge in [-0.3, -0.25) is 0 Å². The maximum Gasteiger partial charge on any atom is 0.182 e. The summed E-state index contributed by atoms with van der Waals surface area (Å²) in [4.78, 5) is 0. The second-order valence-corrected chi connectivity index (χ2v) is 5.01. The van der Waals surface area contributed by atoms with Crippen LogP contribution in [0.3, 0.4) is 0 Å². The van der Waals surface area contributed by atoms with E-state index in [1.807, 2.05) is 23.7 Å². The molecule has 2 N–H and O–H groups in total. The first kappa shape index (κ1) is 13.8. The lowest BCUT2D eigenvalue weighted by Gasteiger charge is -2.22. The van der Waals surface area contributed by atoms with E-state index in [9.17, 15) is 0 Å². The molecule has 3 rings (SSSR count). The van der Waals surface area contributed by atoms with Crippen LogP contribution < -0.4 is 10.5 Å². The lowest BCUT2D eigenvalue weighted by atomic mass is 10.1. The average molecular weight is 289 g/mol. The van der Waals surface area contributed by atoms with Crippen molar-refractivity contribution in [2.45, 2.75) is 25.8 Å². The zero-order chi connectivity index (χ0) is 14.7. The Morgan fingerprint density at radius 3 is 2.90 bits per heavy atom. The predicted octanol–water partition coefficient (Wildman–Crippen LogP) is 1.67. The van der Waals surface area contributed by atoms with Crippen LogP contribution in [0.25, 0.3) is 11.4 Å². The first-order chi connectivity index (χ1) is 10.3. The summed E-state index contributed by atoms with van der Waals surface area (Å²) in [5, 5.41) is 12.1. The highest BCUT2D eigenvalue weighted by molar-refractivity contribution is 5.64. The van der Waals surface area contributed by atoms with Crippen LogP contribution in [-0.2, 0) is 4.74 Å². The van der Waals surface area contributed by atoms with Crippen molar-refractivity contribution in [3.63, 3.8) is 0 Å². The molecule has 7 heteroatoms. The lowest BCUT2D eigenvalue weighted by Crippen LogP contribution is -2.21. The minimum Gasteiger partial charge on any atom is -0.494 e. The molecule has 0 spiro atoms. The van der Waals surface area contributed by atoms with Crippen LogP contribution in [0.1, 0.15) is 25.8 Å². The summed E-state index contributed by atoms with van der Waals surface area (Å²) in [7, 11) is 0. The van der Waals surface area contributed by atoms with E-state index in [0.29, 0.717) is 12.3 Å². The molecule has 0 unspecified atom stereocenters. The quantitative estimate of drug-likeness (QED) is 0.861. The van der Waals surface area contributed by atoms with Gasteiger partial charge in [-0.05, 0) is 42.3 Å². The SMILES string of the molecule is CCOc1cc(N)cc(-c2nnnn2C2CCOCC2)c1. The van der Waals surface area contributed by atoms with Crippen molar-refractivity contribution >= 4 is 5.69 Å². The minimum atomic E-state index is 0.265. The summed E-state index contributed by atoms with van der Waals surface area (Å²) >= 11 is 0. The summed E-state index contributed by atoms with van der Waals surface area (Å²) in [5.41, 5.74) is 7.45. The first-order valence-electron chi connectivity index (χ1n) is 7.17. The molecule has 21 heavy (non-hydrogen) atoms. The third kappa shape index (κ3) is 2.97. The molecular formula is C14H19N5O2. The Hall–Kier alpha value is -2.15. The van der Waals surface area contributed by atoms with Gasteiger partial charge in [0.05, 0.1) is 12.6 Å². The fraction of sp³-hybridized carbons (Fsp3) is 0.500. The number of tetrazole rings is 1. The average Bonchev–Trinajstić information content (AvgIpc) is 2.97. The van der Waals surface area contributed by atoms with Crippen LogP contribution in [0.5, 0.6) is 5.75 Å². The summed E-state index contributed by atoms with van der Waals surface area (Å²) < 4.78 is 12.8. The van der Waals surface area contributed by atoms with Crippen LogP contribution in [0.2, 0.25) is 0 Å². The highest BCUT2D eigenvalue weighted by Crippen LogP contribution is 2.29. The molecule has 1 aromatic heterocycles. The van der Waals surface area contributed by atoms with E-state index in [1.165, 1.54) is 0 Å². The topological polar surface area (TPSA) is 88.1 Å². The highest BCUT2D eigenvalue weighted by Gasteiger charge is 2.21. The van der Waals surface area contributed by atoms with Gasteiger partial charge >= 0.3 is 0 Å². The van der Waals surface area contributed by atoms with Crippen molar-refractivity contribution in [1.82, 2.24) is 20.2 Å². The molecule has 2 aromatic rings. The third-order valence-corrected chi connectivity index (χ3v) is 3.53. The monoisotopic (exact) mass is 289 g/mol. The van der Waals surface area contributed by atoms with Gasteiger partial charge in [0.1, 0.15) is 5.75 Å². The second-order valence-electron chi connectivity index (χ2n) is 5.01. The summed E-state index contributed by atoms with van der Waals surface area (Å²) in [6.07, 6.45) is 1.83. The fourth-order valence-corrected chi connectivity index (χ4v) is 2.56. The van der Waals surface area contributed by atoms with Gasteiger partial charge in [-0.25, -0.2) is 4.68 Å². The van der Waals surface area contributed by atoms with Gasteiger partial charge < -0.3 is 15.2 Å². The lowest BCUT2D eigenvalue weighted by molar-refractivity contribution is 0.0662. The van der Waals surface area contributed by atoms with Crippen molar-refractivity contribution in [2.75, 3.05) is 25.6 Å². The molecule has 1 fully saturated rings. The Balaban J connectivity index is 1.95. The van der Waals surface area contributed by atoms with E-state index in [-0.39, 0.29) is 6.04 Å². The van der Waals surface area contributed by atoms with Crippen molar-refractivity contribution in [3.8, 4) is 17.1 Å². The van der Waals surface area contributed by atoms with Gasteiger partial charge in [0, 0.05) is 30.5 Å². The molecule has 1 aliphatic heterocycles. The molecule has 0 aliphatic carbocycles. The Morgan fingerprint density at radius 1 is 1.33 bits per heavy atom. The number of rotatable bonds is 4. The van der Waals surface area contributed by atoms with Crippen LogP contribution in [0.4, 0.5) is 5.69 Å². The largest absolute Gasteiger partial charge is 0.494 e. The van der Waals surface area contributed by atoms with Crippen molar-refractivity contribution in [3.05, 3.63) is 18.2 Å². The molecule has 1 aromatic carbocycles. The Morgan fingerprint density at radius 2 is 2.14 bits per heavy atom. The van der Waals surface area contributed by atoms with Crippen molar-refractivity contribution < 1.29 is 9.47 Å². The maximum atomic E-state index is 5.95. The van der Waals surface area contributed by atoms with E-state index in [0.717, 1.165) is 43.2 Å². The van der Waals surface area contributed by atoms with Crippen LogP contribution >= 0.6 is 0 Å². The number of nitrogen functional groups attached to an aromatic ring is 1. The number of anilines is 1. The molecular weight excluding hydrogens is 270 g/mol. The summed E-state index contributed by atoms with van der Waals surface area (Å²) in [6, 6.07) is 5.85. The van der Waals surface area contributed by atoms with E-state index in [1.54, 1.807) is 6.07 Å². The van der Waals surface area contributed by atoms with Gasteiger partial charge in [-0.1, -0.05) is 0 Å². The summed E-state index contributed by atoms with van der Waals surface area (Å²) in [5.74, 6) is 1.45. The van der Waals surface area contributed by atoms with Crippen LogP contribution in [-0.4, -0.2) is 40.0 Å². The molecule has 0 amide bonds. The van der Waals surface area contributed by atoms with Crippen LogP contribution in [0, 0.1) is 0 Å². The first-order valence-corrected chi connectivity index (χ1v) is 7.17. The second kappa shape index (κ2) is 6.09. The van der Waals surface area contributed by atoms with Gasteiger partial charge in [0.25, 0.3) is 0 Å². The minimum absolute atomic E-state index is 0.265. The Bertz CT molecular complexity index is 607. The normalized spacial score (nSPS) is 16.0. The van der Waals surface area contributed by atoms with Crippen LogP contribution in [0.15, 0.2) is 18.2 Å². The zero-order valence-electron chi connectivity index (χ0n) is 12.0. The molecule has 7 nitrogen and oxygen atoms in total.